The second-order valence-corrected chi connectivity index (χ2v) is 6.15. The molecule has 1 aliphatic heterocycles. The molecule has 3 aromatic rings. The van der Waals surface area contributed by atoms with Crippen molar-refractivity contribution in [2.75, 3.05) is 25.5 Å². The smallest absolute Gasteiger partial charge is 0.145 e. The molecule has 0 aliphatic carbocycles. The van der Waals surface area contributed by atoms with E-state index < -0.39 is 0 Å². The highest BCUT2D eigenvalue weighted by atomic mass is 15.1. The number of H-pyrrole nitrogens is 1. The number of aromatic amines is 1. The lowest BCUT2D eigenvalue weighted by Gasteiger charge is -2.29. The van der Waals surface area contributed by atoms with Crippen molar-refractivity contribution >= 4 is 16.9 Å². The number of likely N-dealkylation sites (tertiary alicyclic amines) is 1. The Morgan fingerprint density at radius 2 is 2.09 bits per heavy atom. The Balaban J connectivity index is 1.55. The predicted molar refractivity (Wildman–Crippen MR) is 91.3 cm³/mol. The van der Waals surface area contributed by atoms with Crippen LogP contribution in [-0.2, 0) is 0 Å². The number of fused-ring (bicyclic) bond motifs is 1. The van der Waals surface area contributed by atoms with Crippen molar-refractivity contribution in [2.45, 2.75) is 18.9 Å². The molecular formula is C17H20N6. The van der Waals surface area contributed by atoms with Crippen LogP contribution in [0.3, 0.4) is 0 Å². The number of piperidine rings is 1. The summed E-state index contributed by atoms with van der Waals surface area (Å²) < 4.78 is 0. The van der Waals surface area contributed by atoms with Gasteiger partial charge < -0.3 is 15.2 Å². The molecule has 6 heteroatoms. The van der Waals surface area contributed by atoms with Gasteiger partial charge in [-0.3, -0.25) is 4.98 Å². The summed E-state index contributed by atoms with van der Waals surface area (Å²) in [6.07, 6.45) is 9.59. The number of anilines is 1. The summed E-state index contributed by atoms with van der Waals surface area (Å²) in [5, 5.41) is 4.60. The molecule has 3 aromatic heterocycles. The normalized spacial score (nSPS) is 16.7. The van der Waals surface area contributed by atoms with Crippen LogP contribution in [0.1, 0.15) is 12.8 Å². The Kier molecular flexibility index (Phi) is 3.67. The van der Waals surface area contributed by atoms with E-state index in [9.17, 15) is 0 Å². The SMILES string of the molecule is CN1CCC(Nc2cncc(-c3cnc4[nH]ccc4c3)n2)CC1. The molecular weight excluding hydrogens is 288 g/mol. The van der Waals surface area contributed by atoms with Crippen LogP contribution >= 0.6 is 0 Å². The molecule has 118 valence electrons. The quantitative estimate of drug-likeness (QED) is 0.778. The first kappa shape index (κ1) is 14.1. The zero-order chi connectivity index (χ0) is 15.6. The van der Waals surface area contributed by atoms with Gasteiger partial charge in [0.1, 0.15) is 11.5 Å². The zero-order valence-electron chi connectivity index (χ0n) is 13.2. The van der Waals surface area contributed by atoms with Gasteiger partial charge in [0.25, 0.3) is 0 Å². The van der Waals surface area contributed by atoms with Crippen LogP contribution in [0.25, 0.3) is 22.3 Å². The Hall–Kier alpha value is -2.47. The number of pyridine rings is 1. The maximum Gasteiger partial charge on any atom is 0.145 e. The Morgan fingerprint density at radius 1 is 1.22 bits per heavy atom. The van der Waals surface area contributed by atoms with Gasteiger partial charge in [0.2, 0.25) is 0 Å². The monoisotopic (exact) mass is 308 g/mol. The number of hydrogen-bond donors (Lipinski definition) is 2. The van der Waals surface area contributed by atoms with Crippen molar-refractivity contribution in [3.63, 3.8) is 0 Å². The van der Waals surface area contributed by atoms with E-state index in [0.717, 1.165) is 54.0 Å². The van der Waals surface area contributed by atoms with Crippen LogP contribution in [-0.4, -0.2) is 51.0 Å². The van der Waals surface area contributed by atoms with Gasteiger partial charge in [0.05, 0.1) is 18.1 Å². The summed E-state index contributed by atoms with van der Waals surface area (Å²) in [4.78, 5) is 18.9. The number of aromatic nitrogens is 4. The summed E-state index contributed by atoms with van der Waals surface area (Å²) in [5.74, 6) is 0.839. The molecule has 1 fully saturated rings. The molecule has 1 saturated heterocycles. The van der Waals surface area contributed by atoms with Gasteiger partial charge in [-0.25, -0.2) is 9.97 Å². The average Bonchev–Trinajstić information content (AvgIpc) is 3.05. The predicted octanol–water partition coefficient (Wildman–Crippen LogP) is 2.53. The van der Waals surface area contributed by atoms with Crippen molar-refractivity contribution in [1.82, 2.24) is 24.8 Å². The number of nitrogens with zero attached hydrogens (tertiary/aromatic N) is 4. The van der Waals surface area contributed by atoms with Crippen molar-refractivity contribution in [2.24, 2.45) is 0 Å². The Labute approximate surface area is 135 Å². The van der Waals surface area contributed by atoms with E-state index in [1.165, 1.54) is 0 Å². The lowest BCUT2D eigenvalue weighted by atomic mass is 10.1. The van der Waals surface area contributed by atoms with Crippen molar-refractivity contribution < 1.29 is 0 Å². The molecule has 0 radical (unpaired) electrons. The van der Waals surface area contributed by atoms with E-state index in [4.69, 9.17) is 4.98 Å². The third kappa shape index (κ3) is 3.03. The van der Waals surface area contributed by atoms with E-state index in [1.807, 2.05) is 18.5 Å². The lowest BCUT2D eigenvalue weighted by molar-refractivity contribution is 0.263. The average molecular weight is 308 g/mol. The zero-order valence-corrected chi connectivity index (χ0v) is 13.2. The second-order valence-electron chi connectivity index (χ2n) is 6.15. The summed E-state index contributed by atoms with van der Waals surface area (Å²) in [6, 6.07) is 4.57. The second kappa shape index (κ2) is 5.96. The lowest BCUT2D eigenvalue weighted by Crippen LogP contribution is -2.36. The number of nitrogens with one attached hydrogen (secondary N) is 2. The maximum absolute atomic E-state index is 4.71. The molecule has 0 spiro atoms. The van der Waals surface area contributed by atoms with Crippen LogP contribution < -0.4 is 5.32 Å². The molecule has 6 nitrogen and oxygen atoms in total. The molecule has 4 heterocycles. The minimum absolute atomic E-state index is 0.473. The van der Waals surface area contributed by atoms with Gasteiger partial charge >= 0.3 is 0 Å². The van der Waals surface area contributed by atoms with Gasteiger partial charge in [-0.2, -0.15) is 0 Å². The van der Waals surface area contributed by atoms with Gasteiger partial charge in [0, 0.05) is 29.4 Å². The van der Waals surface area contributed by atoms with Crippen LogP contribution in [0.4, 0.5) is 5.82 Å². The van der Waals surface area contributed by atoms with E-state index in [1.54, 1.807) is 12.4 Å². The third-order valence-corrected chi connectivity index (χ3v) is 4.40. The largest absolute Gasteiger partial charge is 0.366 e. The van der Waals surface area contributed by atoms with E-state index in [0.29, 0.717) is 6.04 Å². The first-order chi connectivity index (χ1) is 11.3. The van der Waals surface area contributed by atoms with Gasteiger partial charge in [-0.05, 0) is 45.1 Å². The van der Waals surface area contributed by atoms with Crippen molar-refractivity contribution in [1.29, 1.82) is 0 Å². The van der Waals surface area contributed by atoms with Gasteiger partial charge in [-0.15, -0.1) is 0 Å². The summed E-state index contributed by atoms with van der Waals surface area (Å²) >= 11 is 0. The fourth-order valence-electron chi connectivity index (χ4n) is 3.02. The van der Waals surface area contributed by atoms with Crippen molar-refractivity contribution in [3.05, 3.63) is 36.9 Å². The van der Waals surface area contributed by atoms with E-state index >= 15 is 0 Å². The first-order valence-electron chi connectivity index (χ1n) is 7.98. The highest BCUT2D eigenvalue weighted by molar-refractivity contribution is 5.80. The molecule has 0 aromatic carbocycles. The van der Waals surface area contributed by atoms with Crippen LogP contribution in [0, 0.1) is 0 Å². The van der Waals surface area contributed by atoms with E-state index in [2.05, 4.69) is 38.3 Å². The third-order valence-electron chi connectivity index (χ3n) is 4.40. The molecule has 4 rings (SSSR count). The molecule has 0 saturated carbocycles. The molecule has 0 unspecified atom stereocenters. The Morgan fingerprint density at radius 3 is 2.96 bits per heavy atom. The molecule has 0 atom stereocenters. The fourth-order valence-corrected chi connectivity index (χ4v) is 3.02. The van der Waals surface area contributed by atoms with Crippen LogP contribution in [0.5, 0.6) is 0 Å². The molecule has 2 N–H and O–H groups in total. The summed E-state index contributed by atoms with van der Waals surface area (Å²) in [7, 11) is 2.17. The minimum Gasteiger partial charge on any atom is -0.366 e. The topological polar surface area (TPSA) is 69.7 Å². The van der Waals surface area contributed by atoms with E-state index in [-0.39, 0.29) is 0 Å². The summed E-state index contributed by atoms with van der Waals surface area (Å²) in [5.41, 5.74) is 2.72. The summed E-state index contributed by atoms with van der Waals surface area (Å²) in [6.45, 7) is 2.25. The number of hydrogen-bond acceptors (Lipinski definition) is 5. The molecule has 0 bridgehead atoms. The van der Waals surface area contributed by atoms with Crippen molar-refractivity contribution in [3.8, 4) is 11.3 Å². The highest BCUT2D eigenvalue weighted by Crippen LogP contribution is 2.22. The van der Waals surface area contributed by atoms with Crippen LogP contribution in [0.2, 0.25) is 0 Å². The molecule has 23 heavy (non-hydrogen) atoms. The number of rotatable bonds is 3. The Bertz CT molecular complexity index is 803. The van der Waals surface area contributed by atoms with Gasteiger partial charge in [0.15, 0.2) is 0 Å². The first-order valence-corrected chi connectivity index (χ1v) is 7.98. The van der Waals surface area contributed by atoms with Crippen LogP contribution in [0.15, 0.2) is 36.9 Å². The standard InChI is InChI=1S/C17H20N6/c1-23-6-3-14(4-7-23)21-16-11-18-10-15(22-16)13-8-12-2-5-19-17(12)20-9-13/h2,5,8-11,14H,3-4,6-7H2,1H3,(H,19,20)(H,21,22). The molecule has 1 aliphatic rings. The minimum atomic E-state index is 0.473. The molecule has 0 amide bonds. The maximum atomic E-state index is 4.71. The highest BCUT2D eigenvalue weighted by Gasteiger charge is 2.17. The fraction of sp³-hybridized carbons (Fsp3) is 0.353. The van der Waals surface area contributed by atoms with Gasteiger partial charge in [-0.1, -0.05) is 0 Å².